The standard InChI is InChI=1S/C14H19F3N4O/c15-14(16,17)8-2-1-3-9(6-8)19-13(22)12-10-7-18-5-4-11(10)20-21-12/h8-9,18H,1-7H2,(H,19,22)(H,20,21). The highest BCUT2D eigenvalue weighted by Gasteiger charge is 2.42. The Balaban J connectivity index is 1.65. The molecule has 8 heteroatoms. The molecular formula is C14H19F3N4O. The third-order valence-electron chi connectivity index (χ3n) is 4.49. The van der Waals surface area contributed by atoms with Gasteiger partial charge in [0.15, 0.2) is 5.69 Å². The first-order valence-electron chi connectivity index (χ1n) is 7.59. The molecule has 5 nitrogen and oxygen atoms in total. The molecule has 22 heavy (non-hydrogen) atoms. The van der Waals surface area contributed by atoms with Crippen LogP contribution in [0.2, 0.25) is 0 Å². The first-order chi connectivity index (χ1) is 10.4. The molecule has 0 spiro atoms. The van der Waals surface area contributed by atoms with Crippen LogP contribution in [0.15, 0.2) is 0 Å². The fraction of sp³-hybridized carbons (Fsp3) is 0.714. The van der Waals surface area contributed by atoms with Gasteiger partial charge in [-0.15, -0.1) is 0 Å². The summed E-state index contributed by atoms with van der Waals surface area (Å²) in [5, 5.41) is 12.8. The maximum absolute atomic E-state index is 12.8. The summed E-state index contributed by atoms with van der Waals surface area (Å²) >= 11 is 0. The number of aromatic nitrogens is 2. The number of nitrogens with one attached hydrogen (secondary N) is 3. The highest BCUT2D eigenvalue weighted by atomic mass is 19.4. The van der Waals surface area contributed by atoms with Crippen molar-refractivity contribution in [3.05, 3.63) is 17.0 Å². The number of H-pyrrole nitrogens is 1. The number of carbonyl (C=O) groups is 1. The summed E-state index contributed by atoms with van der Waals surface area (Å²) in [6.45, 7) is 1.39. The molecule has 1 aromatic rings. The Hall–Kier alpha value is -1.57. The Morgan fingerprint density at radius 3 is 2.91 bits per heavy atom. The van der Waals surface area contributed by atoms with Crippen LogP contribution in [0.3, 0.4) is 0 Å². The maximum atomic E-state index is 12.8. The zero-order valence-electron chi connectivity index (χ0n) is 12.1. The Bertz CT molecular complexity index is 555. The van der Waals surface area contributed by atoms with E-state index in [9.17, 15) is 18.0 Å². The lowest BCUT2D eigenvalue weighted by atomic mass is 9.85. The number of hydrogen-bond donors (Lipinski definition) is 3. The van der Waals surface area contributed by atoms with E-state index in [1.807, 2.05) is 0 Å². The smallest absolute Gasteiger partial charge is 0.348 e. The second kappa shape index (κ2) is 5.91. The van der Waals surface area contributed by atoms with E-state index in [1.165, 1.54) is 0 Å². The molecule has 3 N–H and O–H groups in total. The molecule has 2 unspecified atom stereocenters. The molecule has 1 aliphatic heterocycles. The van der Waals surface area contributed by atoms with Gasteiger partial charge in [0.2, 0.25) is 0 Å². The fourth-order valence-electron chi connectivity index (χ4n) is 3.29. The lowest BCUT2D eigenvalue weighted by Crippen LogP contribution is -2.42. The third kappa shape index (κ3) is 3.11. The van der Waals surface area contributed by atoms with E-state index in [1.54, 1.807) is 0 Å². The summed E-state index contributed by atoms with van der Waals surface area (Å²) in [6.07, 6.45) is -2.23. The van der Waals surface area contributed by atoms with Gasteiger partial charge in [0.1, 0.15) is 0 Å². The van der Waals surface area contributed by atoms with Gasteiger partial charge < -0.3 is 10.6 Å². The molecule has 0 saturated heterocycles. The molecule has 2 heterocycles. The molecule has 1 aliphatic carbocycles. The zero-order chi connectivity index (χ0) is 15.7. The molecule has 1 fully saturated rings. The lowest BCUT2D eigenvalue weighted by Gasteiger charge is -2.30. The number of aromatic amines is 1. The summed E-state index contributed by atoms with van der Waals surface area (Å²) in [6, 6.07) is -0.434. The van der Waals surface area contributed by atoms with Crippen molar-refractivity contribution in [3.8, 4) is 0 Å². The van der Waals surface area contributed by atoms with E-state index in [0.29, 0.717) is 25.1 Å². The molecule has 0 radical (unpaired) electrons. The maximum Gasteiger partial charge on any atom is 0.391 e. The van der Waals surface area contributed by atoms with Gasteiger partial charge in [-0.2, -0.15) is 18.3 Å². The van der Waals surface area contributed by atoms with E-state index in [4.69, 9.17) is 0 Å². The van der Waals surface area contributed by atoms with Crippen LogP contribution in [-0.2, 0) is 13.0 Å². The van der Waals surface area contributed by atoms with Crippen LogP contribution in [0.25, 0.3) is 0 Å². The van der Waals surface area contributed by atoms with Crippen LogP contribution in [0.1, 0.15) is 47.4 Å². The Morgan fingerprint density at radius 1 is 1.32 bits per heavy atom. The molecule has 0 aromatic carbocycles. The van der Waals surface area contributed by atoms with Crippen molar-refractivity contribution in [3.63, 3.8) is 0 Å². The molecule has 2 atom stereocenters. The predicted octanol–water partition coefficient (Wildman–Crippen LogP) is 1.91. The van der Waals surface area contributed by atoms with Gasteiger partial charge in [-0.3, -0.25) is 9.89 Å². The minimum atomic E-state index is -4.18. The van der Waals surface area contributed by atoms with Crippen molar-refractivity contribution in [2.24, 2.45) is 5.92 Å². The summed E-state index contributed by atoms with van der Waals surface area (Å²) in [4.78, 5) is 12.3. The number of amides is 1. The number of alkyl halides is 3. The Labute approximate surface area is 126 Å². The third-order valence-corrected chi connectivity index (χ3v) is 4.49. The average Bonchev–Trinajstić information content (AvgIpc) is 2.90. The SMILES string of the molecule is O=C(NC1CCCC(C(F)(F)F)C1)c1n[nH]c2c1CNCC2. The molecule has 1 aromatic heterocycles. The first kappa shape index (κ1) is 15.3. The minimum absolute atomic E-state index is 0.0416. The van der Waals surface area contributed by atoms with Gasteiger partial charge in [0, 0.05) is 36.8 Å². The Morgan fingerprint density at radius 2 is 2.14 bits per heavy atom. The number of rotatable bonds is 2. The largest absolute Gasteiger partial charge is 0.391 e. The minimum Gasteiger partial charge on any atom is -0.348 e. The van der Waals surface area contributed by atoms with Gasteiger partial charge >= 0.3 is 6.18 Å². The van der Waals surface area contributed by atoms with E-state index < -0.39 is 18.1 Å². The van der Waals surface area contributed by atoms with Crippen molar-refractivity contribution < 1.29 is 18.0 Å². The normalized spacial score (nSPS) is 25.6. The van der Waals surface area contributed by atoms with Crippen LogP contribution in [-0.4, -0.2) is 34.9 Å². The van der Waals surface area contributed by atoms with E-state index in [2.05, 4.69) is 20.8 Å². The van der Waals surface area contributed by atoms with Crippen molar-refractivity contribution in [1.29, 1.82) is 0 Å². The van der Waals surface area contributed by atoms with Gasteiger partial charge in [-0.05, 0) is 19.3 Å². The van der Waals surface area contributed by atoms with Crippen molar-refractivity contribution in [2.75, 3.05) is 6.54 Å². The summed E-state index contributed by atoms with van der Waals surface area (Å²) in [7, 11) is 0. The average molecular weight is 316 g/mol. The van der Waals surface area contributed by atoms with Crippen molar-refractivity contribution >= 4 is 5.91 Å². The van der Waals surface area contributed by atoms with E-state index >= 15 is 0 Å². The molecule has 122 valence electrons. The first-order valence-corrected chi connectivity index (χ1v) is 7.59. The van der Waals surface area contributed by atoms with Crippen LogP contribution >= 0.6 is 0 Å². The van der Waals surface area contributed by atoms with Crippen molar-refractivity contribution in [2.45, 2.75) is 50.9 Å². The molecule has 1 saturated carbocycles. The second-order valence-electron chi connectivity index (χ2n) is 6.03. The second-order valence-corrected chi connectivity index (χ2v) is 6.03. The lowest BCUT2D eigenvalue weighted by molar-refractivity contribution is -0.183. The van der Waals surface area contributed by atoms with Gasteiger partial charge in [-0.1, -0.05) is 6.42 Å². The molecule has 0 bridgehead atoms. The fourth-order valence-corrected chi connectivity index (χ4v) is 3.29. The number of nitrogens with zero attached hydrogens (tertiary/aromatic N) is 1. The van der Waals surface area contributed by atoms with Crippen LogP contribution in [0, 0.1) is 5.92 Å². The van der Waals surface area contributed by atoms with Gasteiger partial charge in [0.25, 0.3) is 5.91 Å². The van der Waals surface area contributed by atoms with Crippen LogP contribution < -0.4 is 10.6 Å². The summed E-state index contributed by atoms with van der Waals surface area (Å²) < 4.78 is 38.4. The quantitative estimate of drug-likeness (QED) is 0.780. The van der Waals surface area contributed by atoms with E-state index in [-0.39, 0.29) is 18.7 Å². The topological polar surface area (TPSA) is 69.8 Å². The number of hydrogen-bond acceptors (Lipinski definition) is 3. The molecule has 1 amide bonds. The number of carbonyl (C=O) groups excluding carboxylic acids is 1. The zero-order valence-corrected chi connectivity index (χ0v) is 12.1. The van der Waals surface area contributed by atoms with Crippen LogP contribution in [0.5, 0.6) is 0 Å². The molecular weight excluding hydrogens is 297 g/mol. The molecule has 3 rings (SSSR count). The van der Waals surface area contributed by atoms with Crippen LogP contribution in [0.4, 0.5) is 13.2 Å². The molecule has 2 aliphatic rings. The van der Waals surface area contributed by atoms with Crippen molar-refractivity contribution in [1.82, 2.24) is 20.8 Å². The summed E-state index contributed by atoms with van der Waals surface area (Å²) in [5.41, 5.74) is 2.06. The predicted molar refractivity (Wildman–Crippen MR) is 73.3 cm³/mol. The van der Waals surface area contributed by atoms with Gasteiger partial charge in [-0.25, -0.2) is 0 Å². The monoisotopic (exact) mass is 316 g/mol. The van der Waals surface area contributed by atoms with Gasteiger partial charge in [0.05, 0.1) is 5.92 Å². The van der Waals surface area contributed by atoms with E-state index in [0.717, 1.165) is 24.2 Å². The highest BCUT2D eigenvalue weighted by Crippen LogP contribution is 2.37. The summed E-state index contributed by atoms with van der Waals surface area (Å²) in [5.74, 6) is -1.70. The number of halogens is 3. The Kier molecular flexibility index (Phi) is 4.12. The number of fused-ring (bicyclic) bond motifs is 1. The highest BCUT2D eigenvalue weighted by molar-refractivity contribution is 5.94.